The molecule has 2 aliphatic heterocycles. The molecule has 1 unspecified atom stereocenters. The number of likely N-dealkylation sites (tertiary alicyclic amines) is 2. The number of nitrogens with zero attached hydrogens (tertiary/aromatic N) is 2. The van der Waals surface area contributed by atoms with Crippen LogP contribution in [0.2, 0.25) is 0 Å². The lowest BCUT2D eigenvalue weighted by Gasteiger charge is -2.52. The first-order valence-corrected chi connectivity index (χ1v) is 11.2. The molecule has 0 aromatic carbocycles. The third-order valence-electron chi connectivity index (χ3n) is 5.50. The van der Waals surface area contributed by atoms with E-state index in [4.69, 9.17) is 14.2 Å². The molecule has 0 saturated carbocycles. The number of hydrogen-bond acceptors (Lipinski definition) is 6. The molecule has 8 heteroatoms. The number of hydrogen-bond donors (Lipinski definition) is 0. The average Bonchev–Trinajstić information content (AvgIpc) is 3.12. The molecule has 172 valence electrons. The van der Waals surface area contributed by atoms with Gasteiger partial charge in [0.25, 0.3) is 5.91 Å². The van der Waals surface area contributed by atoms with Crippen LogP contribution >= 0.6 is 0 Å². The summed E-state index contributed by atoms with van der Waals surface area (Å²) in [5.74, 6) is -0.660. The van der Waals surface area contributed by atoms with Crippen molar-refractivity contribution in [3.8, 4) is 0 Å². The van der Waals surface area contributed by atoms with Crippen LogP contribution in [0.1, 0.15) is 73.1 Å². The third-order valence-corrected chi connectivity index (χ3v) is 5.50. The quantitative estimate of drug-likeness (QED) is 0.303. The molecule has 0 bridgehead atoms. The summed E-state index contributed by atoms with van der Waals surface area (Å²) in [7, 11) is 0. The number of amides is 2. The van der Waals surface area contributed by atoms with E-state index in [2.05, 4.69) is 6.92 Å². The van der Waals surface area contributed by atoms with Crippen LogP contribution in [0.5, 0.6) is 0 Å². The van der Waals surface area contributed by atoms with Gasteiger partial charge in [-0.2, -0.15) is 0 Å². The van der Waals surface area contributed by atoms with E-state index in [1.54, 1.807) is 20.8 Å². The second kappa shape index (κ2) is 10.5. The lowest BCUT2D eigenvalue weighted by atomic mass is 9.84. The Morgan fingerprint density at radius 1 is 1.13 bits per heavy atom. The van der Waals surface area contributed by atoms with E-state index in [1.165, 1.54) is 9.80 Å². The third kappa shape index (κ3) is 5.65. The predicted molar refractivity (Wildman–Crippen MR) is 112 cm³/mol. The van der Waals surface area contributed by atoms with E-state index >= 15 is 0 Å². The molecule has 2 saturated heterocycles. The molecular weight excluding hydrogens is 388 g/mol. The topological polar surface area (TPSA) is 85.4 Å². The Kier molecular flexibility index (Phi) is 8.52. The van der Waals surface area contributed by atoms with Crippen LogP contribution in [0.4, 0.5) is 4.79 Å². The molecule has 0 aromatic rings. The minimum absolute atomic E-state index is 0.110. The van der Waals surface area contributed by atoms with Crippen molar-refractivity contribution in [1.29, 1.82) is 0 Å². The van der Waals surface area contributed by atoms with Crippen LogP contribution in [0.25, 0.3) is 0 Å². The van der Waals surface area contributed by atoms with Crippen molar-refractivity contribution >= 4 is 18.0 Å². The second-order valence-corrected chi connectivity index (χ2v) is 9.17. The molecule has 2 fully saturated rings. The molecule has 0 aliphatic carbocycles. The van der Waals surface area contributed by atoms with E-state index in [1.807, 2.05) is 6.92 Å². The van der Waals surface area contributed by atoms with Crippen LogP contribution in [0.15, 0.2) is 0 Å². The molecule has 2 amide bonds. The molecule has 2 heterocycles. The number of β-lactam (4-membered cyclic amide) rings is 1. The monoisotopic (exact) mass is 426 g/mol. The number of ether oxygens (including phenoxy) is 3. The minimum atomic E-state index is -0.909. The van der Waals surface area contributed by atoms with Crippen molar-refractivity contribution in [2.24, 2.45) is 0 Å². The number of carbonyl (C=O) groups is 3. The first-order valence-electron chi connectivity index (χ1n) is 11.2. The van der Waals surface area contributed by atoms with E-state index in [-0.39, 0.29) is 12.5 Å². The smallest absolute Gasteiger partial charge is 0.411 e. The first kappa shape index (κ1) is 24.4. The van der Waals surface area contributed by atoms with Crippen LogP contribution < -0.4 is 0 Å². The van der Waals surface area contributed by atoms with Crippen molar-refractivity contribution < 1.29 is 28.6 Å². The maximum Gasteiger partial charge on any atom is 0.411 e. The highest BCUT2D eigenvalue weighted by molar-refractivity contribution is 5.99. The Labute approximate surface area is 180 Å². The molecular formula is C22H38N2O6. The Morgan fingerprint density at radius 2 is 1.80 bits per heavy atom. The maximum atomic E-state index is 13.2. The van der Waals surface area contributed by atoms with Gasteiger partial charge < -0.3 is 19.1 Å². The number of unbranched alkanes of at least 4 members (excludes halogenated alkanes) is 2. The SMILES string of the molecule is CCCCOC[C@@H](C(=O)OCCCC)N1CC2(CCCN2C(=O)OC(C)(C)C)C1=O. The highest BCUT2D eigenvalue weighted by Gasteiger charge is 2.62. The largest absolute Gasteiger partial charge is 0.464 e. The summed E-state index contributed by atoms with van der Waals surface area (Å²) in [5.41, 5.74) is -1.54. The maximum absolute atomic E-state index is 13.2. The summed E-state index contributed by atoms with van der Waals surface area (Å²) >= 11 is 0. The summed E-state index contributed by atoms with van der Waals surface area (Å²) in [6.45, 7) is 11.3. The fourth-order valence-corrected chi connectivity index (χ4v) is 3.84. The molecule has 0 N–H and O–H groups in total. The fourth-order valence-electron chi connectivity index (χ4n) is 3.84. The standard InChI is InChI=1S/C22H38N2O6/c1-6-8-13-28-15-17(18(25)29-14-9-7-2)23-16-22(19(23)26)11-10-12-24(22)20(27)30-21(3,4)5/h17H,6-16H2,1-5H3/t17-,22?/m0/s1. The van der Waals surface area contributed by atoms with Crippen molar-refractivity contribution in [2.45, 2.75) is 90.3 Å². The fraction of sp³-hybridized carbons (Fsp3) is 0.864. The molecule has 2 aliphatic rings. The second-order valence-electron chi connectivity index (χ2n) is 9.17. The van der Waals surface area contributed by atoms with Crippen molar-refractivity contribution in [3.63, 3.8) is 0 Å². The van der Waals surface area contributed by atoms with Gasteiger partial charge in [-0.15, -0.1) is 0 Å². The summed E-state index contributed by atoms with van der Waals surface area (Å²) in [5, 5.41) is 0. The van der Waals surface area contributed by atoms with Crippen molar-refractivity contribution in [3.05, 3.63) is 0 Å². The average molecular weight is 427 g/mol. The molecule has 2 atom stereocenters. The Morgan fingerprint density at radius 3 is 2.40 bits per heavy atom. The van der Waals surface area contributed by atoms with E-state index in [0.29, 0.717) is 32.7 Å². The van der Waals surface area contributed by atoms with Crippen molar-refractivity contribution in [2.75, 3.05) is 32.9 Å². The van der Waals surface area contributed by atoms with Crippen LogP contribution in [-0.2, 0) is 23.8 Å². The number of carbonyl (C=O) groups excluding carboxylic acids is 3. The van der Waals surface area contributed by atoms with Crippen LogP contribution in [0, 0.1) is 0 Å². The molecule has 0 radical (unpaired) electrons. The van der Waals surface area contributed by atoms with E-state index < -0.39 is 29.2 Å². The van der Waals surface area contributed by atoms with Gasteiger partial charge in [0.15, 0.2) is 6.04 Å². The lowest BCUT2D eigenvalue weighted by molar-refractivity contribution is -0.177. The molecule has 1 spiro atoms. The lowest BCUT2D eigenvalue weighted by Crippen LogP contribution is -2.76. The van der Waals surface area contributed by atoms with Gasteiger partial charge in [0.05, 0.1) is 19.8 Å². The summed E-state index contributed by atoms with van der Waals surface area (Å²) < 4.78 is 16.5. The van der Waals surface area contributed by atoms with Gasteiger partial charge in [0, 0.05) is 13.2 Å². The number of esters is 1. The molecule has 2 rings (SSSR count). The zero-order valence-corrected chi connectivity index (χ0v) is 19.2. The van der Waals surface area contributed by atoms with Gasteiger partial charge in [-0.25, -0.2) is 9.59 Å². The molecule has 0 aromatic heterocycles. The predicted octanol–water partition coefficient (Wildman–Crippen LogP) is 3.13. The van der Waals surface area contributed by atoms with Crippen molar-refractivity contribution in [1.82, 2.24) is 9.80 Å². The van der Waals surface area contributed by atoms with Gasteiger partial charge >= 0.3 is 12.1 Å². The molecule has 8 nitrogen and oxygen atoms in total. The summed E-state index contributed by atoms with van der Waals surface area (Å²) in [6.07, 6.45) is 4.41. The van der Waals surface area contributed by atoms with Gasteiger partial charge in [-0.05, 0) is 46.5 Å². The Bertz CT molecular complexity index is 617. The Hall–Kier alpha value is -1.83. The number of rotatable bonds is 10. The summed E-state index contributed by atoms with van der Waals surface area (Å²) in [6, 6.07) is -0.780. The van der Waals surface area contributed by atoms with E-state index in [9.17, 15) is 14.4 Å². The zero-order valence-electron chi connectivity index (χ0n) is 19.2. The van der Waals surface area contributed by atoms with Gasteiger partial charge in [-0.1, -0.05) is 26.7 Å². The van der Waals surface area contributed by atoms with Gasteiger partial charge in [-0.3, -0.25) is 9.69 Å². The molecule has 30 heavy (non-hydrogen) atoms. The Balaban J connectivity index is 2.07. The first-order chi connectivity index (χ1) is 14.2. The highest BCUT2D eigenvalue weighted by Crippen LogP contribution is 2.41. The van der Waals surface area contributed by atoms with Gasteiger partial charge in [0.2, 0.25) is 0 Å². The normalized spacial score (nSPS) is 22.2. The minimum Gasteiger partial charge on any atom is -0.464 e. The zero-order chi connectivity index (χ0) is 22.4. The van der Waals surface area contributed by atoms with Gasteiger partial charge in [0.1, 0.15) is 11.1 Å². The van der Waals surface area contributed by atoms with E-state index in [0.717, 1.165) is 32.1 Å². The highest BCUT2D eigenvalue weighted by atomic mass is 16.6. The van der Waals surface area contributed by atoms with Crippen LogP contribution in [0.3, 0.4) is 0 Å². The summed E-state index contributed by atoms with van der Waals surface area (Å²) in [4.78, 5) is 41.6. The van der Waals surface area contributed by atoms with Crippen LogP contribution in [-0.4, -0.2) is 77.9 Å².